The lowest BCUT2D eigenvalue weighted by Crippen LogP contribution is -2.21. The third-order valence-electron chi connectivity index (χ3n) is 3.66. The molecule has 1 atom stereocenters. The monoisotopic (exact) mass is 234 g/mol. The average Bonchev–Trinajstić information content (AvgIpc) is 2.79. The maximum atomic E-state index is 9.13. The van der Waals surface area contributed by atoms with E-state index in [9.17, 15) is 0 Å². The number of benzene rings is 1. The molecule has 0 spiro atoms. The van der Waals surface area contributed by atoms with Gasteiger partial charge in [0.2, 0.25) is 0 Å². The van der Waals surface area contributed by atoms with E-state index in [1.807, 2.05) is 0 Å². The number of hydrogen-bond donors (Lipinski definition) is 2. The number of likely N-dealkylation sites (tertiary alicyclic amines) is 1. The minimum Gasteiger partial charge on any atom is -0.396 e. The minimum atomic E-state index is 0.321. The molecule has 3 heteroatoms. The number of nitrogens with zero attached hydrogens (tertiary/aromatic N) is 1. The summed E-state index contributed by atoms with van der Waals surface area (Å²) >= 11 is 0. The molecule has 1 saturated heterocycles. The molecule has 1 fully saturated rings. The zero-order valence-corrected chi connectivity index (χ0v) is 10.5. The Kier molecular flexibility index (Phi) is 4.15. The van der Waals surface area contributed by atoms with Crippen molar-refractivity contribution in [3.05, 3.63) is 34.9 Å². The predicted molar refractivity (Wildman–Crippen MR) is 69.5 cm³/mol. The zero-order chi connectivity index (χ0) is 12.3. The summed E-state index contributed by atoms with van der Waals surface area (Å²) in [5.74, 6) is 0.471. The molecule has 3 N–H and O–H groups in total. The largest absolute Gasteiger partial charge is 0.396 e. The van der Waals surface area contributed by atoms with Gasteiger partial charge in [0.05, 0.1) is 0 Å². The van der Waals surface area contributed by atoms with Crippen molar-refractivity contribution in [1.29, 1.82) is 0 Å². The molecular weight excluding hydrogens is 212 g/mol. The van der Waals surface area contributed by atoms with Gasteiger partial charge in [-0.3, -0.25) is 4.90 Å². The topological polar surface area (TPSA) is 49.5 Å². The van der Waals surface area contributed by atoms with Crippen LogP contribution in [0.5, 0.6) is 0 Å². The fraction of sp³-hybridized carbons (Fsp3) is 0.571. The third kappa shape index (κ3) is 3.06. The van der Waals surface area contributed by atoms with Crippen molar-refractivity contribution in [2.75, 3.05) is 19.7 Å². The Labute approximate surface area is 103 Å². The minimum absolute atomic E-state index is 0.321. The molecular formula is C14H22N2O. The van der Waals surface area contributed by atoms with E-state index in [1.165, 1.54) is 16.7 Å². The van der Waals surface area contributed by atoms with Crippen LogP contribution in [-0.4, -0.2) is 29.7 Å². The molecule has 17 heavy (non-hydrogen) atoms. The second-order valence-corrected chi connectivity index (χ2v) is 5.04. The van der Waals surface area contributed by atoms with E-state index in [0.717, 1.165) is 26.1 Å². The van der Waals surface area contributed by atoms with Crippen molar-refractivity contribution in [2.45, 2.75) is 26.4 Å². The SMILES string of the molecule is Cc1cc(CN)ccc1CN1CCC(CO)C1. The number of aliphatic hydroxyl groups is 1. The van der Waals surface area contributed by atoms with Crippen molar-refractivity contribution >= 4 is 0 Å². The number of rotatable bonds is 4. The van der Waals surface area contributed by atoms with Crippen LogP contribution in [0.1, 0.15) is 23.1 Å². The first-order valence-corrected chi connectivity index (χ1v) is 6.34. The number of aryl methyl sites for hydroxylation is 1. The van der Waals surface area contributed by atoms with Crippen LogP contribution in [0.2, 0.25) is 0 Å². The molecule has 1 aliphatic rings. The van der Waals surface area contributed by atoms with Crippen LogP contribution in [-0.2, 0) is 13.1 Å². The van der Waals surface area contributed by atoms with Crippen LogP contribution in [0.15, 0.2) is 18.2 Å². The highest BCUT2D eigenvalue weighted by molar-refractivity contribution is 5.31. The van der Waals surface area contributed by atoms with Gasteiger partial charge in [-0.05, 0) is 42.5 Å². The fourth-order valence-electron chi connectivity index (χ4n) is 2.51. The van der Waals surface area contributed by atoms with E-state index in [1.54, 1.807) is 0 Å². The summed E-state index contributed by atoms with van der Waals surface area (Å²) in [6.07, 6.45) is 1.12. The second kappa shape index (κ2) is 5.63. The molecule has 1 aliphatic heterocycles. The first-order valence-electron chi connectivity index (χ1n) is 6.34. The lowest BCUT2D eigenvalue weighted by atomic mass is 10.0. The maximum absolute atomic E-state index is 9.13. The van der Waals surface area contributed by atoms with E-state index in [0.29, 0.717) is 19.1 Å². The Balaban J connectivity index is 1.99. The Morgan fingerprint density at radius 2 is 2.29 bits per heavy atom. The Morgan fingerprint density at radius 1 is 1.47 bits per heavy atom. The molecule has 3 nitrogen and oxygen atoms in total. The highest BCUT2D eigenvalue weighted by Gasteiger charge is 2.21. The molecule has 1 unspecified atom stereocenters. The van der Waals surface area contributed by atoms with E-state index in [4.69, 9.17) is 10.8 Å². The van der Waals surface area contributed by atoms with Gasteiger partial charge in [-0.1, -0.05) is 18.2 Å². The van der Waals surface area contributed by atoms with Crippen LogP contribution in [0.25, 0.3) is 0 Å². The molecule has 0 aromatic heterocycles. The van der Waals surface area contributed by atoms with Gasteiger partial charge in [-0.25, -0.2) is 0 Å². The molecule has 0 amide bonds. The van der Waals surface area contributed by atoms with Gasteiger partial charge in [0.15, 0.2) is 0 Å². The summed E-state index contributed by atoms with van der Waals surface area (Å²) in [5.41, 5.74) is 9.52. The predicted octanol–water partition coefficient (Wildman–Crippen LogP) is 1.27. The smallest absolute Gasteiger partial charge is 0.0471 e. The molecule has 0 radical (unpaired) electrons. The van der Waals surface area contributed by atoms with Gasteiger partial charge < -0.3 is 10.8 Å². The summed E-state index contributed by atoms with van der Waals surface area (Å²) in [7, 11) is 0. The molecule has 1 aromatic rings. The summed E-state index contributed by atoms with van der Waals surface area (Å²) in [6.45, 7) is 6.19. The molecule has 0 bridgehead atoms. The Morgan fingerprint density at radius 3 is 2.88 bits per heavy atom. The summed E-state index contributed by atoms with van der Waals surface area (Å²) in [5, 5.41) is 9.13. The highest BCUT2D eigenvalue weighted by atomic mass is 16.3. The average molecular weight is 234 g/mol. The van der Waals surface area contributed by atoms with Gasteiger partial charge in [-0.15, -0.1) is 0 Å². The molecule has 0 aliphatic carbocycles. The van der Waals surface area contributed by atoms with E-state index in [-0.39, 0.29) is 0 Å². The van der Waals surface area contributed by atoms with Crippen LogP contribution >= 0.6 is 0 Å². The van der Waals surface area contributed by atoms with E-state index >= 15 is 0 Å². The zero-order valence-electron chi connectivity index (χ0n) is 10.5. The maximum Gasteiger partial charge on any atom is 0.0471 e. The van der Waals surface area contributed by atoms with Crippen molar-refractivity contribution in [3.8, 4) is 0 Å². The van der Waals surface area contributed by atoms with Gasteiger partial charge >= 0.3 is 0 Å². The van der Waals surface area contributed by atoms with Gasteiger partial charge in [0, 0.05) is 26.2 Å². The van der Waals surface area contributed by atoms with Crippen LogP contribution in [0.4, 0.5) is 0 Å². The van der Waals surface area contributed by atoms with Crippen molar-refractivity contribution in [1.82, 2.24) is 4.90 Å². The Bertz CT molecular complexity index is 378. The first-order chi connectivity index (χ1) is 8.22. The summed E-state index contributed by atoms with van der Waals surface area (Å²) in [4.78, 5) is 2.42. The highest BCUT2D eigenvalue weighted by Crippen LogP contribution is 2.20. The Hall–Kier alpha value is -0.900. The van der Waals surface area contributed by atoms with Crippen LogP contribution in [0.3, 0.4) is 0 Å². The van der Waals surface area contributed by atoms with Gasteiger partial charge in [-0.2, -0.15) is 0 Å². The fourth-order valence-corrected chi connectivity index (χ4v) is 2.51. The standard InChI is InChI=1S/C14H22N2O/c1-11-6-12(7-15)2-3-14(11)9-16-5-4-13(8-16)10-17/h2-3,6,13,17H,4-5,7-10,15H2,1H3. The summed E-state index contributed by atoms with van der Waals surface area (Å²) < 4.78 is 0. The quantitative estimate of drug-likeness (QED) is 0.825. The third-order valence-corrected chi connectivity index (χ3v) is 3.66. The second-order valence-electron chi connectivity index (χ2n) is 5.04. The normalized spacial score (nSPS) is 21.0. The van der Waals surface area contributed by atoms with Crippen LogP contribution < -0.4 is 5.73 Å². The van der Waals surface area contributed by atoms with E-state index in [2.05, 4.69) is 30.0 Å². The van der Waals surface area contributed by atoms with Gasteiger partial charge in [0.1, 0.15) is 0 Å². The molecule has 2 rings (SSSR count). The summed E-state index contributed by atoms with van der Waals surface area (Å²) in [6, 6.07) is 6.47. The van der Waals surface area contributed by atoms with Crippen molar-refractivity contribution in [2.24, 2.45) is 11.7 Å². The number of nitrogens with two attached hydrogens (primary N) is 1. The van der Waals surface area contributed by atoms with Crippen molar-refractivity contribution < 1.29 is 5.11 Å². The lowest BCUT2D eigenvalue weighted by molar-refractivity contribution is 0.220. The number of hydrogen-bond acceptors (Lipinski definition) is 3. The first kappa shape index (κ1) is 12.6. The van der Waals surface area contributed by atoms with E-state index < -0.39 is 0 Å². The van der Waals surface area contributed by atoms with Crippen LogP contribution in [0, 0.1) is 12.8 Å². The molecule has 94 valence electrons. The van der Waals surface area contributed by atoms with Crippen molar-refractivity contribution in [3.63, 3.8) is 0 Å². The molecule has 0 saturated carbocycles. The molecule has 1 aromatic carbocycles. The van der Waals surface area contributed by atoms with Gasteiger partial charge in [0.25, 0.3) is 0 Å². The molecule has 1 heterocycles. The lowest BCUT2D eigenvalue weighted by Gasteiger charge is -2.17. The number of aliphatic hydroxyl groups excluding tert-OH is 1.